The largest absolute Gasteiger partial charge is 0.319 e. The van der Waals surface area contributed by atoms with Gasteiger partial charge in [0.1, 0.15) is 5.82 Å². The summed E-state index contributed by atoms with van der Waals surface area (Å²) in [5, 5.41) is 9.91. The minimum atomic E-state index is -0.0984. The van der Waals surface area contributed by atoms with E-state index in [0.717, 1.165) is 0 Å². The number of nitrogens with one attached hydrogen (secondary N) is 2. The van der Waals surface area contributed by atoms with Gasteiger partial charge in [-0.05, 0) is 13.1 Å². The highest BCUT2D eigenvalue weighted by Crippen LogP contribution is 2.09. The lowest BCUT2D eigenvalue weighted by atomic mass is 10.1. The molecule has 0 aliphatic rings. The highest BCUT2D eigenvalue weighted by Gasteiger charge is 2.13. The number of carbonyl (C=O) groups excluding carboxylic acids is 1. The van der Waals surface area contributed by atoms with Crippen LogP contribution in [0.15, 0.2) is 24.5 Å². The normalized spacial score (nSPS) is 11.9. The van der Waals surface area contributed by atoms with Crippen LogP contribution in [-0.2, 0) is 4.79 Å². The summed E-state index contributed by atoms with van der Waals surface area (Å²) in [6.07, 6.45) is 3.30. The first-order chi connectivity index (χ1) is 8.22. The van der Waals surface area contributed by atoms with Crippen molar-refractivity contribution in [1.29, 1.82) is 0 Å². The molecule has 7 heteroatoms. The summed E-state index contributed by atoms with van der Waals surface area (Å²) in [4.78, 5) is 16.0. The maximum absolute atomic E-state index is 11.9. The average molecular weight is 270 g/mol. The highest BCUT2D eigenvalue weighted by molar-refractivity contribution is 5.91. The van der Waals surface area contributed by atoms with Crippen LogP contribution in [0.4, 0.5) is 5.82 Å². The average Bonchev–Trinajstić information content (AvgIpc) is 2.78. The molecule has 6 nitrogen and oxygen atoms in total. The highest BCUT2D eigenvalue weighted by atomic mass is 35.5. The molecule has 1 amide bonds. The Bertz CT molecular complexity index is 527. The zero-order valence-electron chi connectivity index (χ0n) is 10.3. The van der Waals surface area contributed by atoms with Gasteiger partial charge < -0.3 is 10.6 Å². The molecule has 2 rings (SSSR count). The lowest BCUT2D eigenvalue weighted by Crippen LogP contribution is -2.29. The Hall–Kier alpha value is -1.66. The Morgan fingerprint density at radius 3 is 2.94 bits per heavy atom. The monoisotopic (exact) mass is 269 g/mol. The molecule has 18 heavy (non-hydrogen) atoms. The van der Waals surface area contributed by atoms with E-state index in [1.54, 1.807) is 29.0 Å². The third-order valence-corrected chi connectivity index (χ3v) is 2.50. The van der Waals surface area contributed by atoms with Crippen molar-refractivity contribution in [2.24, 2.45) is 5.92 Å². The van der Waals surface area contributed by atoms with Gasteiger partial charge in [0.25, 0.3) is 0 Å². The lowest BCUT2D eigenvalue weighted by molar-refractivity contribution is -0.119. The van der Waals surface area contributed by atoms with Crippen LogP contribution in [0.2, 0.25) is 0 Å². The van der Waals surface area contributed by atoms with Gasteiger partial charge in [0, 0.05) is 24.7 Å². The van der Waals surface area contributed by atoms with Crippen LogP contribution in [-0.4, -0.2) is 34.1 Å². The van der Waals surface area contributed by atoms with Crippen molar-refractivity contribution in [2.45, 2.75) is 6.92 Å². The Balaban J connectivity index is 0.00000162. The number of hydrogen-bond donors (Lipinski definition) is 2. The van der Waals surface area contributed by atoms with E-state index in [9.17, 15) is 4.79 Å². The molecule has 2 N–H and O–H groups in total. The van der Waals surface area contributed by atoms with Gasteiger partial charge in [-0.1, -0.05) is 6.92 Å². The van der Waals surface area contributed by atoms with Gasteiger partial charge in [-0.3, -0.25) is 4.79 Å². The summed E-state index contributed by atoms with van der Waals surface area (Å²) < 4.78 is 1.60. The predicted octanol–water partition coefficient (Wildman–Crippen LogP) is 0.945. The number of carbonyl (C=O) groups is 1. The summed E-state index contributed by atoms with van der Waals surface area (Å²) >= 11 is 0. The van der Waals surface area contributed by atoms with Crippen LogP contribution in [0.25, 0.3) is 5.65 Å². The first-order valence-corrected chi connectivity index (χ1v) is 5.46. The fourth-order valence-electron chi connectivity index (χ4n) is 1.58. The number of rotatable bonds is 4. The molecule has 0 aliphatic carbocycles. The molecule has 2 heterocycles. The SMILES string of the molecule is CNCC(C)C(=O)Nc1ccnc2ccnn12.Cl. The fraction of sp³-hybridized carbons (Fsp3) is 0.364. The molecular weight excluding hydrogens is 254 g/mol. The topological polar surface area (TPSA) is 71.3 Å². The standard InChI is InChI=1S/C11H15N5O.ClH/c1-8(7-12-2)11(17)15-10-3-5-13-9-4-6-14-16(9)10;/h3-6,8,12H,7H2,1-2H3,(H,15,17);1H. The van der Waals surface area contributed by atoms with Gasteiger partial charge in [0.15, 0.2) is 5.65 Å². The second kappa shape index (κ2) is 6.32. The van der Waals surface area contributed by atoms with Crippen molar-refractivity contribution in [2.75, 3.05) is 18.9 Å². The summed E-state index contributed by atoms with van der Waals surface area (Å²) in [6, 6.07) is 3.51. The van der Waals surface area contributed by atoms with E-state index >= 15 is 0 Å². The number of hydrogen-bond acceptors (Lipinski definition) is 4. The van der Waals surface area contributed by atoms with E-state index in [1.165, 1.54) is 0 Å². The smallest absolute Gasteiger partial charge is 0.229 e. The molecule has 0 spiro atoms. The van der Waals surface area contributed by atoms with Crippen molar-refractivity contribution in [3.8, 4) is 0 Å². The summed E-state index contributed by atoms with van der Waals surface area (Å²) in [6.45, 7) is 2.51. The molecule has 2 aromatic rings. The van der Waals surface area contributed by atoms with Gasteiger partial charge in [-0.15, -0.1) is 12.4 Å². The molecule has 0 aromatic carbocycles. The summed E-state index contributed by atoms with van der Waals surface area (Å²) in [7, 11) is 1.82. The Morgan fingerprint density at radius 1 is 1.44 bits per heavy atom. The third-order valence-electron chi connectivity index (χ3n) is 2.50. The van der Waals surface area contributed by atoms with Crippen molar-refractivity contribution >= 4 is 29.8 Å². The number of anilines is 1. The molecule has 0 bridgehead atoms. The van der Waals surface area contributed by atoms with Crippen molar-refractivity contribution < 1.29 is 4.79 Å². The zero-order valence-corrected chi connectivity index (χ0v) is 11.1. The van der Waals surface area contributed by atoms with E-state index in [-0.39, 0.29) is 24.2 Å². The number of nitrogens with zero attached hydrogens (tertiary/aromatic N) is 3. The molecule has 0 fully saturated rings. The van der Waals surface area contributed by atoms with Crippen LogP contribution in [0.1, 0.15) is 6.92 Å². The first-order valence-electron chi connectivity index (χ1n) is 5.46. The van der Waals surface area contributed by atoms with Crippen molar-refractivity contribution in [3.63, 3.8) is 0 Å². The van der Waals surface area contributed by atoms with E-state index in [0.29, 0.717) is 18.0 Å². The zero-order chi connectivity index (χ0) is 12.3. The molecule has 0 saturated carbocycles. The van der Waals surface area contributed by atoms with Gasteiger partial charge in [0.05, 0.1) is 6.20 Å². The maximum Gasteiger partial charge on any atom is 0.229 e. The molecule has 0 saturated heterocycles. The van der Waals surface area contributed by atoms with Crippen LogP contribution < -0.4 is 10.6 Å². The first kappa shape index (κ1) is 14.4. The quantitative estimate of drug-likeness (QED) is 0.867. The van der Waals surface area contributed by atoms with E-state index in [2.05, 4.69) is 20.7 Å². The van der Waals surface area contributed by atoms with Gasteiger partial charge in [0.2, 0.25) is 5.91 Å². The number of aromatic nitrogens is 3. The fourth-order valence-corrected chi connectivity index (χ4v) is 1.58. The van der Waals surface area contributed by atoms with Crippen molar-refractivity contribution in [1.82, 2.24) is 19.9 Å². The number of amides is 1. The van der Waals surface area contributed by atoms with Crippen LogP contribution in [0.5, 0.6) is 0 Å². The summed E-state index contributed by atoms with van der Waals surface area (Å²) in [5.41, 5.74) is 0.712. The van der Waals surface area contributed by atoms with Crippen LogP contribution in [0, 0.1) is 5.92 Å². The lowest BCUT2D eigenvalue weighted by Gasteiger charge is -2.12. The minimum absolute atomic E-state index is 0. The molecule has 1 atom stereocenters. The second-order valence-electron chi connectivity index (χ2n) is 3.88. The van der Waals surface area contributed by atoms with Crippen molar-refractivity contribution in [3.05, 3.63) is 24.5 Å². The van der Waals surface area contributed by atoms with E-state index in [4.69, 9.17) is 0 Å². The van der Waals surface area contributed by atoms with Gasteiger partial charge in [-0.25, -0.2) is 4.98 Å². The molecule has 0 aliphatic heterocycles. The second-order valence-corrected chi connectivity index (χ2v) is 3.88. The molecule has 2 aromatic heterocycles. The van der Waals surface area contributed by atoms with Gasteiger partial charge in [-0.2, -0.15) is 9.61 Å². The van der Waals surface area contributed by atoms with Crippen LogP contribution >= 0.6 is 12.4 Å². The summed E-state index contributed by atoms with van der Waals surface area (Å²) in [5.74, 6) is 0.495. The maximum atomic E-state index is 11.9. The minimum Gasteiger partial charge on any atom is -0.319 e. The van der Waals surface area contributed by atoms with E-state index in [1.807, 2.05) is 14.0 Å². The molecule has 98 valence electrons. The predicted molar refractivity (Wildman–Crippen MR) is 72.0 cm³/mol. The Labute approximate surface area is 111 Å². The molecular formula is C11H16ClN5O. The Morgan fingerprint density at radius 2 is 2.22 bits per heavy atom. The third kappa shape index (κ3) is 2.96. The van der Waals surface area contributed by atoms with Gasteiger partial charge >= 0.3 is 0 Å². The molecule has 1 unspecified atom stereocenters. The Kier molecular flexibility index (Phi) is 5.06. The molecule has 0 radical (unpaired) electrons. The number of halogens is 1. The van der Waals surface area contributed by atoms with E-state index < -0.39 is 0 Å². The van der Waals surface area contributed by atoms with Crippen LogP contribution in [0.3, 0.4) is 0 Å². The number of fused-ring (bicyclic) bond motifs is 1.